The van der Waals surface area contributed by atoms with Gasteiger partial charge in [0.25, 0.3) is 0 Å². The van der Waals surface area contributed by atoms with Crippen molar-refractivity contribution in [3.05, 3.63) is 85.1 Å². The standard InChI is InChI=1S/C20H14N2/c1-2-7-19-15(5-1)12-13-20(22-19)17-10-8-16(9-11-17)18-6-3-4-14-21-18/h1-14H. The lowest BCUT2D eigenvalue weighted by atomic mass is 10.1. The molecule has 2 aromatic carbocycles. The van der Waals surface area contributed by atoms with Gasteiger partial charge in [-0.05, 0) is 24.3 Å². The molecule has 2 heterocycles. The Balaban J connectivity index is 1.73. The maximum atomic E-state index is 4.73. The van der Waals surface area contributed by atoms with Crippen molar-refractivity contribution in [1.29, 1.82) is 0 Å². The van der Waals surface area contributed by atoms with Crippen LogP contribution < -0.4 is 0 Å². The van der Waals surface area contributed by atoms with Gasteiger partial charge in [0.1, 0.15) is 0 Å². The van der Waals surface area contributed by atoms with Crippen molar-refractivity contribution in [3.63, 3.8) is 0 Å². The first-order valence-electron chi connectivity index (χ1n) is 7.28. The fraction of sp³-hybridized carbons (Fsp3) is 0. The lowest BCUT2D eigenvalue weighted by Gasteiger charge is -2.05. The molecule has 22 heavy (non-hydrogen) atoms. The van der Waals surface area contributed by atoms with Crippen LogP contribution in [0.4, 0.5) is 0 Å². The van der Waals surface area contributed by atoms with Crippen molar-refractivity contribution >= 4 is 10.9 Å². The maximum absolute atomic E-state index is 4.73. The fourth-order valence-corrected chi connectivity index (χ4v) is 2.57. The average Bonchev–Trinajstić information content (AvgIpc) is 2.62. The van der Waals surface area contributed by atoms with E-state index < -0.39 is 0 Å². The molecule has 4 aromatic rings. The van der Waals surface area contributed by atoms with Crippen molar-refractivity contribution in [3.8, 4) is 22.5 Å². The third kappa shape index (κ3) is 2.35. The Kier molecular flexibility index (Phi) is 3.13. The van der Waals surface area contributed by atoms with Gasteiger partial charge in [-0.1, -0.05) is 54.6 Å². The minimum Gasteiger partial charge on any atom is -0.256 e. The largest absolute Gasteiger partial charge is 0.256 e. The summed E-state index contributed by atoms with van der Waals surface area (Å²) in [6.07, 6.45) is 1.81. The Bertz CT molecular complexity index is 913. The van der Waals surface area contributed by atoms with E-state index in [9.17, 15) is 0 Å². The molecule has 0 saturated heterocycles. The van der Waals surface area contributed by atoms with Crippen LogP contribution in [0.15, 0.2) is 85.1 Å². The molecule has 0 aliphatic carbocycles. The second-order valence-electron chi connectivity index (χ2n) is 5.18. The van der Waals surface area contributed by atoms with E-state index in [-0.39, 0.29) is 0 Å². The molecule has 0 radical (unpaired) electrons. The summed E-state index contributed by atoms with van der Waals surface area (Å²) in [5.41, 5.74) is 5.23. The summed E-state index contributed by atoms with van der Waals surface area (Å²) >= 11 is 0. The van der Waals surface area contributed by atoms with Crippen molar-refractivity contribution in [2.75, 3.05) is 0 Å². The molecule has 0 N–H and O–H groups in total. The van der Waals surface area contributed by atoms with Gasteiger partial charge < -0.3 is 0 Å². The predicted octanol–water partition coefficient (Wildman–Crippen LogP) is 4.96. The van der Waals surface area contributed by atoms with Crippen molar-refractivity contribution < 1.29 is 0 Å². The second-order valence-corrected chi connectivity index (χ2v) is 5.18. The number of aromatic nitrogens is 2. The molecule has 0 amide bonds. The van der Waals surface area contributed by atoms with Gasteiger partial charge in [0.05, 0.1) is 16.9 Å². The van der Waals surface area contributed by atoms with E-state index >= 15 is 0 Å². The molecule has 0 aliphatic rings. The molecular formula is C20H14N2. The van der Waals surface area contributed by atoms with E-state index in [1.54, 1.807) is 0 Å². The predicted molar refractivity (Wildman–Crippen MR) is 90.4 cm³/mol. The van der Waals surface area contributed by atoms with Crippen LogP contribution in [0.1, 0.15) is 0 Å². The van der Waals surface area contributed by atoms with E-state index in [4.69, 9.17) is 4.98 Å². The Hall–Kier alpha value is -3.00. The molecule has 0 spiro atoms. The van der Waals surface area contributed by atoms with Gasteiger partial charge in [-0.2, -0.15) is 0 Å². The molecular weight excluding hydrogens is 268 g/mol. The zero-order chi connectivity index (χ0) is 14.8. The number of nitrogens with zero attached hydrogens (tertiary/aromatic N) is 2. The molecule has 0 saturated carbocycles. The summed E-state index contributed by atoms with van der Waals surface area (Å²) < 4.78 is 0. The average molecular weight is 282 g/mol. The van der Waals surface area contributed by atoms with Crippen LogP contribution >= 0.6 is 0 Å². The molecule has 2 heteroatoms. The summed E-state index contributed by atoms with van der Waals surface area (Å²) in [7, 11) is 0. The minimum absolute atomic E-state index is 0.987. The summed E-state index contributed by atoms with van der Waals surface area (Å²) in [5, 5.41) is 1.16. The summed E-state index contributed by atoms with van der Waals surface area (Å²) in [6, 6.07) is 26.7. The third-order valence-electron chi connectivity index (χ3n) is 3.74. The smallest absolute Gasteiger partial charge is 0.0709 e. The molecule has 0 atom stereocenters. The van der Waals surface area contributed by atoms with Gasteiger partial charge in [0, 0.05) is 22.7 Å². The van der Waals surface area contributed by atoms with Crippen LogP contribution in [0.5, 0.6) is 0 Å². The number of rotatable bonds is 2. The van der Waals surface area contributed by atoms with Crippen LogP contribution in [-0.4, -0.2) is 9.97 Å². The topological polar surface area (TPSA) is 25.8 Å². The summed E-state index contributed by atoms with van der Waals surface area (Å²) in [6.45, 7) is 0. The van der Waals surface area contributed by atoms with E-state index in [0.29, 0.717) is 0 Å². The Morgan fingerprint density at radius 2 is 1.27 bits per heavy atom. The van der Waals surface area contributed by atoms with Gasteiger partial charge >= 0.3 is 0 Å². The number of pyridine rings is 2. The van der Waals surface area contributed by atoms with Gasteiger partial charge in [-0.15, -0.1) is 0 Å². The number of hydrogen-bond acceptors (Lipinski definition) is 2. The van der Waals surface area contributed by atoms with Crippen molar-refractivity contribution in [1.82, 2.24) is 9.97 Å². The highest BCUT2D eigenvalue weighted by Crippen LogP contribution is 2.24. The van der Waals surface area contributed by atoms with Crippen LogP contribution in [0.25, 0.3) is 33.4 Å². The Labute approximate surface area is 129 Å². The Morgan fingerprint density at radius 1 is 0.545 bits per heavy atom. The number of benzene rings is 2. The molecule has 0 unspecified atom stereocenters. The zero-order valence-corrected chi connectivity index (χ0v) is 12.0. The highest BCUT2D eigenvalue weighted by Gasteiger charge is 2.03. The minimum atomic E-state index is 0.987. The highest BCUT2D eigenvalue weighted by atomic mass is 14.7. The van der Waals surface area contributed by atoms with Gasteiger partial charge in [-0.25, -0.2) is 4.98 Å². The molecule has 4 rings (SSSR count). The summed E-state index contributed by atoms with van der Waals surface area (Å²) in [4.78, 5) is 9.11. The van der Waals surface area contributed by atoms with Gasteiger partial charge in [0.2, 0.25) is 0 Å². The lowest BCUT2D eigenvalue weighted by molar-refractivity contribution is 1.32. The van der Waals surface area contributed by atoms with Crippen LogP contribution in [-0.2, 0) is 0 Å². The first kappa shape index (κ1) is 12.7. The van der Waals surface area contributed by atoms with Crippen LogP contribution in [0, 0.1) is 0 Å². The SMILES string of the molecule is c1ccc(-c2ccc(-c3ccc4ccccc4n3)cc2)nc1. The third-order valence-corrected chi connectivity index (χ3v) is 3.74. The second kappa shape index (κ2) is 5.41. The van der Waals surface area contributed by atoms with E-state index in [1.165, 1.54) is 0 Å². The normalized spacial score (nSPS) is 10.7. The molecule has 0 bridgehead atoms. The van der Waals surface area contributed by atoms with E-state index in [2.05, 4.69) is 47.4 Å². The number of fused-ring (bicyclic) bond motifs is 1. The number of hydrogen-bond donors (Lipinski definition) is 0. The molecule has 0 fully saturated rings. The monoisotopic (exact) mass is 282 g/mol. The molecule has 104 valence electrons. The van der Waals surface area contributed by atoms with Crippen molar-refractivity contribution in [2.24, 2.45) is 0 Å². The lowest BCUT2D eigenvalue weighted by Crippen LogP contribution is -1.86. The van der Waals surface area contributed by atoms with Gasteiger partial charge in [0.15, 0.2) is 0 Å². The van der Waals surface area contributed by atoms with Crippen LogP contribution in [0.3, 0.4) is 0 Å². The number of para-hydroxylation sites is 1. The molecule has 0 aliphatic heterocycles. The van der Waals surface area contributed by atoms with Crippen molar-refractivity contribution in [2.45, 2.75) is 0 Å². The fourth-order valence-electron chi connectivity index (χ4n) is 2.57. The Morgan fingerprint density at radius 3 is 2.05 bits per heavy atom. The van der Waals surface area contributed by atoms with E-state index in [1.807, 2.05) is 42.6 Å². The quantitative estimate of drug-likeness (QED) is 0.519. The van der Waals surface area contributed by atoms with E-state index in [0.717, 1.165) is 33.4 Å². The highest BCUT2D eigenvalue weighted by molar-refractivity contribution is 5.81. The van der Waals surface area contributed by atoms with Gasteiger partial charge in [-0.3, -0.25) is 4.98 Å². The molecule has 2 aromatic heterocycles. The molecule has 2 nitrogen and oxygen atoms in total. The van der Waals surface area contributed by atoms with Crippen LogP contribution in [0.2, 0.25) is 0 Å². The summed E-state index contributed by atoms with van der Waals surface area (Å²) in [5.74, 6) is 0. The first-order chi connectivity index (χ1) is 10.9. The zero-order valence-electron chi connectivity index (χ0n) is 12.0. The maximum Gasteiger partial charge on any atom is 0.0709 e. The first-order valence-corrected chi connectivity index (χ1v) is 7.28.